The summed E-state index contributed by atoms with van der Waals surface area (Å²) in [7, 11) is 0. The predicted molar refractivity (Wildman–Crippen MR) is 73.3 cm³/mol. The smallest absolute Gasteiger partial charge is 0.228 e. The molecule has 0 aliphatic heterocycles. The number of halogens is 1. The summed E-state index contributed by atoms with van der Waals surface area (Å²) in [5.41, 5.74) is 2.79. The van der Waals surface area contributed by atoms with Gasteiger partial charge in [0.05, 0.1) is 0 Å². The summed E-state index contributed by atoms with van der Waals surface area (Å²) in [5.74, 6) is -0.582. The molecule has 0 radical (unpaired) electrons. The summed E-state index contributed by atoms with van der Waals surface area (Å²) in [6, 6.07) is 9.56. The third-order valence-corrected chi connectivity index (χ3v) is 3.17. The minimum atomic E-state index is -0.402. The highest BCUT2D eigenvalue weighted by Crippen LogP contribution is 2.21. The van der Waals surface area contributed by atoms with Gasteiger partial charge in [-0.3, -0.25) is 4.79 Å². The van der Waals surface area contributed by atoms with E-state index in [9.17, 15) is 9.18 Å². The zero-order valence-corrected chi connectivity index (χ0v) is 11.1. The molecule has 0 bridgehead atoms. The minimum absolute atomic E-state index is 0.168. The van der Waals surface area contributed by atoms with E-state index in [0.717, 1.165) is 5.69 Å². The molecule has 20 heavy (non-hydrogen) atoms. The highest BCUT2D eigenvalue weighted by molar-refractivity contribution is 6.08. The van der Waals surface area contributed by atoms with E-state index in [1.807, 2.05) is 13.0 Å². The van der Waals surface area contributed by atoms with E-state index in [1.54, 1.807) is 31.2 Å². The van der Waals surface area contributed by atoms with Gasteiger partial charge < -0.3 is 4.42 Å². The van der Waals surface area contributed by atoms with Crippen LogP contribution in [0.4, 0.5) is 4.39 Å². The second-order valence-corrected chi connectivity index (χ2v) is 4.74. The number of rotatable bonds is 2. The van der Waals surface area contributed by atoms with Crippen LogP contribution in [0.1, 0.15) is 27.4 Å². The fourth-order valence-corrected chi connectivity index (χ4v) is 2.01. The summed E-state index contributed by atoms with van der Waals surface area (Å²) in [6.07, 6.45) is 0. The van der Waals surface area contributed by atoms with Gasteiger partial charge in [-0.15, -0.1) is 0 Å². The van der Waals surface area contributed by atoms with Gasteiger partial charge in [0, 0.05) is 17.3 Å². The first kappa shape index (κ1) is 12.5. The number of fused-ring (bicyclic) bond motifs is 1. The Hall–Kier alpha value is -2.49. The van der Waals surface area contributed by atoms with Crippen molar-refractivity contribution in [2.75, 3.05) is 0 Å². The van der Waals surface area contributed by atoms with Gasteiger partial charge in [-0.1, -0.05) is 12.1 Å². The maximum absolute atomic E-state index is 13.5. The van der Waals surface area contributed by atoms with Crippen LogP contribution in [0, 0.1) is 19.7 Å². The van der Waals surface area contributed by atoms with Crippen LogP contribution in [0.3, 0.4) is 0 Å². The van der Waals surface area contributed by atoms with E-state index in [1.165, 1.54) is 6.07 Å². The second-order valence-electron chi connectivity index (χ2n) is 4.74. The minimum Gasteiger partial charge on any atom is -0.451 e. The van der Waals surface area contributed by atoms with E-state index in [-0.39, 0.29) is 17.1 Å². The van der Waals surface area contributed by atoms with Crippen LogP contribution < -0.4 is 0 Å². The first-order valence-electron chi connectivity index (χ1n) is 6.22. The van der Waals surface area contributed by atoms with Crippen LogP contribution in [-0.2, 0) is 0 Å². The van der Waals surface area contributed by atoms with Crippen LogP contribution in [0.5, 0.6) is 0 Å². The van der Waals surface area contributed by atoms with Crippen molar-refractivity contribution in [1.29, 1.82) is 0 Å². The molecule has 3 rings (SSSR count). The van der Waals surface area contributed by atoms with Crippen LogP contribution in [0.25, 0.3) is 11.1 Å². The first-order chi connectivity index (χ1) is 9.54. The first-order valence-corrected chi connectivity index (χ1v) is 6.22. The Bertz CT molecular complexity index is 820. The third-order valence-electron chi connectivity index (χ3n) is 3.17. The Kier molecular flexibility index (Phi) is 2.86. The third kappa shape index (κ3) is 2.09. The van der Waals surface area contributed by atoms with Crippen LogP contribution in [-0.4, -0.2) is 10.8 Å². The second kappa shape index (κ2) is 4.56. The van der Waals surface area contributed by atoms with Crippen molar-refractivity contribution in [3.05, 3.63) is 64.8 Å². The number of ketones is 1. The molecule has 2 heterocycles. The molecule has 100 valence electrons. The Morgan fingerprint density at radius 3 is 2.70 bits per heavy atom. The van der Waals surface area contributed by atoms with E-state index in [2.05, 4.69) is 4.98 Å². The molecular formula is C16H12FNO2. The Morgan fingerprint density at radius 2 is 1.95 bits per heavy atom. The summed E-state index contributed by atoms with van der Waals surface area (Å²) in [4.78, 5) is 16.6. The van der Waals surface area contributed by atoms with Crippen LogP contribution in [0.2, 0.25) is 0 Å². The molecule has 2 aromatic heterocycles. The van der Waals surface area contributed by atoms with Gasteiger partial charge in [-0.2, -0.15) is 0 Å². The number of benzene rings is 1. The molecule has 3 aromatic rings. The number of aryl methyl sites for hydroxylation is 2. The number of aromatic nitrogens is 1. The molecule has 0 aliphatic carbocycles. The molecule has 0 amide bonds. The van der Waals surface area contributed by atoms with E-state index < -0.39 is 5.82 Å². The normalized spacial score (nSPS) is 10.9. The van der Waals surface area contributed by atoms with Gasteiger partial charge in [0.25, 0.3) is 0 Å². The van der Waals surface area contributed by atoms with Gasteiger partial charge in [-0.05, 0) is 37.6 Å². The summed E-state index contributed by atoms with van der Waals surface area (Å²) in [6.45, 7) is 3.51. The number of carbonyl (C=O) groups excluding carboxylic acids is 1. The van der Waals surface area contributed by atoms with Crippen molar-refractivity contribution in [1.82, 2.24) is 4.98 Å². The summed E-state index contributed by atoms with van der Waals surface area (Å²) < 4.78 is 19.0. The molecule has 0 aliphatic rings. The molecule has 3 nitrogen and oxygen atoms in total. The van der Waals surface area contributed by atoms with Gasteiger partial charge >= 0.3 is 0 Å². The molecule has 0 saturated carbocycles. The quantitative estimate of drug-likeness (QED) is 0.664. The number of furan rings is 1. The molecule has 4 heteroatoms. The van der Waals surface area contributed by atoms with Gasteiger partial charge in [0.1, 0.15) is 11.3 Å². The highest BCUT2D eigenvalue weighted by atomic mass is 19.1. The summed E-state index contributed by atoms with van der Waals surface area (Å²) >= 11 is 0. The Morgan fingerprint density at radius 1 is 1.15 bits per heavy atom. The fourth-order valence-electron chi connectivity index (χ4n) is 2.01. The molecule has 1 aromatic carbocycles. The lowest BCUT2D eigenvalue weighted by atomic mass is 10.1. The predicted octanol–water partition coefficient (Wildman–Crippen LogP) is 3.81. The highest BCUT2D eigenvalue weighted by Gasteiger charge is 2.16. The average molecular weight is 269 g/mol. The van der Waals surface area contributed by atoms with Gasteiger partial charge in [0.15, 0.2) is 11.3 Å². The maximum Gasteiger partial charge on any atom is 0.228 e. The van der Waals surface area contributed by atoms with E-state index in [4.69, 9.17) is 4.42 Å². The zero-order valence-electron chi connectivity index (χ0n) is 11.1. The number of nitrogens with zero attached hydrogens (tertiary/aromatic N) is 1. The Balaban J connectivity index is 2.05. The molecule has 0 saturated heterocycles. The molecule has 0 unspecified atom stereocenters. The largest absolute Gasteiger partial charge is 0.451 e. The van der Waals surface area contributed by atoms with Gasteiger partial charge in [0.2, 0.25) is 5.78 Å². The number of pyridine rings is 1. The standard InChI is InChI=1S/C16H12FNO2/c1-9-3-5-11(7-12(9)17)16(19)15-8-13-14(20-15)6-4-10(2)18-13/h3-8H,1-2H3. The number of hydrogen-bond donors (Lipinski definition) is 0. The average Bonchev–Trinajstić information content (AvgIpc) is 2.84. The lowest BCUT2D eigenvalue weighted by Crippen LogP contribution is -2.00. The SMILES string of the molecule is Cc1ccc2oc(C(=O)c3ccc(C)c(F)c3)cc2n1. The molecular weight excluding hydrogens is 257 g/mol. The van der Waals surface area contributed by atoms with Crippen molar-refractivity contribution in [3.8, 4) is 0 Å². The molecule has 0 N–H and O–H groups in total. The molecule has 0 fully saturated rings. The van der Waals surface area contributed by atoms with Crippen molar-refractivity contribution in [2.45, 2.75) is 13.8 Å². The lowest BCUT2D eigenvalue weighted by molar-refractivity contribution is 0.101. The molecule has 0 spiro atoms. The lowest BCUT2D eigenvalue weighted by Gasteiger charge is -2.00. The zero-order chi connectivity index (χ0) is 14.3. The van der Waals surface area contributed by atoms with E-state index >= 15 is 0 Å². The van der Waals surface area contributed by atoms with Crippen molar-refractivity contribution in [3.63, 3.8) is 0 Å². The molecule has 0 atom stereocenters. The van der Waals surface area contributed by atoms with Crippen LogP contribution >= 0.6 is 0 Å². The number of carbonyl (C=O) groups is 1. The topological polar surface area (TPSA) is 43.1 Å². The Labute approximate surface area is 115 Å². The summed E-state index contributed by atoms with van der Waals surface area (Å²) in [5, 5.41) is 0. The van der Waals surface area contributed by atoms with Crippen molar-refractivity contribution < 1.29 is 13.6 Å². The van der Waals surface area contributed by atoms with Crippen molar-refractivity contribution in [2.24, 2.45) is 0 Å². The number of hydrogen-bond acceptors (Lipinski definition) is 3. The van der Waals surface area contributed by atoms with E-state index in [0.29, 0.717) is 16.7 Å². The maximum atomic E-state index is 13.5. The fraction of sp³-hybridized carbons (Fsp3) is 0.125. The van der Waals surface area contributed by atoms with Crippen molar-refractivity contribution >= 4 is 16.9 Å². The monoisotopic (exact) mass is 269 g/mol. The van der Waals surface area contributed by atoms with Crippen LogP contribution in [0.15, 0.2) is 40.8 Å². The van der Waals surface area contributed by atoms with Gasteiger partial charge in [-0.25, -0.2) is 9.37 Å².